The van der Waals surface area contributed by atoms with Crippen LogP contribution in [0.1, 0.15) is 11.1 Å². The zero-order valence-electron chi connectivity index (χ0n) is 11.3. The highest BCUT2D eigenvalue weighted by Crippen LogP contribution is 2.27. The summed E-state index contributed by atoms with van der Waals surface area (Å²) in [6, 6.07) is 4.06. The van der Waals surface area contributed by atoms with Gasteiger partial charge in [-0.05, 0) is 43.2 Å². The van der Waals surface area contributed by atoms with Gasteiger partial charge in [-0.25, -0.2) is 8.42 Å². The van der Waals surface area contributed by atoms with E-state index >= 15 is 0 Å². The molecule has 1 aromatic carbocycles. The normalized spacial score (nSPS) is 11.4. The Hall–Kier alpha value is -1.99. The summed E-state index contributed by atoms with van der Waals surface area (Å²) < 4.78 is 26.9. The van der Waals surface area contributed by atoms with E-state index in [-0.39, 0.29) is 15.7 Å². The third-order valence-corrected chi connectivity index (χ3v) is 4.55. The molecule has 0 unspecified atom stereocenters. The van der Waals surface area contributed by atoms with E-state index in [1.54, 1.807) is 13.8 Å². The molecule has 0 saturated carbocycles. The molecule has 1 aromatic heterocycles. The van der Waals surface area contributed by atoms with Gasteiger partial charge in [0.1, 0.15) is 15.7 Å². The first-order valence-corrected chi connectivity index (χ1v) is 7.78. The number of hydrogen-bond donors (Lipinski definition) is 3. The molecule has 0 aliphatic heterocycles. The van der Waals surface area contributed by atoms with Crippen LogP contribution in [-0.4, -0.2) is 18.5 Å². The second-order valence-electron chi connectivity index (χ2n) is 4.57. The first-order chi connectivity index (χ1) is 9.70. The molecule has 0 aliphatic carbocycles. The van der Waals surface area contributed by atoms with E-state index in [1.807, 2.05) is 0 Å². The first-order valence-electron chi connectivity index (χ1n) is 5.92. The summed E-state index contributed by atoms with van der Waals surface area (Å²) in [7, 11) is -3.89. The number of pyridine rings is 1. The number of aryl methyl sites for hydroxylation is 2. The molecule has 0 spiro atoms. The van der Waals surface area contributed by atoms with Gasteiger partial charge in [0.2, 0.25) is 0 Å². The predicted octanol–water partition coefficient (Wildman–Crippen LogP) is 2.15. The van der Waals surface area contributed by atoms with Gasteiger partial charge in [0.25, 0.3) is 15.6 Å². The van der Waals surface area contributed by atoms with Gasteiger partial charge in [-0.1, -0.05) is 11.6 Å². The molecule has 6 nitrogen and oxygen atoms in total. The van der Waals surface area contributed by atoms with Crippen LogP contribution < -0.4 is 10.3 Å². The maximum absolute atomic E-state index is 12.3. The lowest BCUT2D eigenvalue weighted by Crippen LogP contribution is -2.16. The van der Waals surface area contributed by atoms with E-state index in [9.17, 15) is 18.3 Å². The molecule has 2 rings (SSSR count). The van der Waals surface area contributed by atoms with Crippen molar-refractivity contribution in [3.05, 3.63) is 50.9 Å². The Morgan fingerprint density at radius 1 is 1.19 bits per heavy atom. The van der Waals surface area contributed by atoms with E-state index in [1.165, 1.54) is 12.1 Å². The average Bonchev–Trinajstić information content (AvgIpc) is 2.39. The molecule has 8 heteroatoms. The number of benzene rings is 1. The highest BCUT2D eigenvalue weighted by Gasteiger charge is 2.17. The fourth-order valence-electron chi connectivity index (χ4n) is 1.71. The predicted molar refractivity (Wildman–Crippen MR) is 80.5 cm³/mol. The molecule has 0 amide bonds. The quantitative estimate of drug-likeness (QED) is 0.752. The number of halogens is 1. The van der Waals surface area contributed by atoms with E-state index < -0.39 is 15.6 Å². The monoisotopic (exact) mass is 328 g/mol. The minimum atomic E-state index is -3.89. The average molecular weight is 329 g/mol. The van der Waals surface area contributed by atoms with Crippen LogP contribution in [0.5, 0.6) is 5.75 Å². The number of hydrogen-bond acceptors (Lipinski definition) is 4. The van der Waals surface area contributed by atoms with Gasteiger partial charge in [-0.3, -0.25) is 9.52 Å². The van der Waals surface area contributed by atoms with Crippen molar-refractivity contribution in [1.29, 1.82) is 0 Å². The smallest absolute Gasteiger partial charge is 0.266 e. The standard InChI is InChI=1S/C13H13ClN2O4S/c1-7-4-12(17)8(2)3-11(7)16-21(19,20)9-5-10(14)13(18)15-6-9/h3-6,16-17H,1-2H3,(H,15,18). The number of sulfonamides is 1. The summed E-state index contributed by atoms with van der Waals surface area (Å²) in [5.41, 5.74) is 0.884. The Bertz CT molecular complexity index is 859. The van der Waals surface area contributed by atoms with Crippen LogP contribution in [0.4, 0.5) is 5.69 Å². The van der Waals surface area contributed by atoms with Crippen LogP contribution in [0.25, 0.3) is 0 Å². The third-order valence-electron chi connectivity index (χ3n) is 2.93. The number of aromatic nitrogens is 1. The summed E-state index contributed by atoms with van der Waals surface area (Å²) in [5, 5.41) is 9.36. The fraction of sp³-hybridized carbons (Fsp3) is 0.154. The molecule has 0 bridgehead atoms. The van der Waals surface area contributed by atoms with Crippen molar-refractivity contribution in [3.8, 4) is 5.75 Å². The number of phenols is 1. The number of phenolic OH excluding ortho intramolecular Hbond substituents is 1. The molecule has 1 heterocycles. The topological polar surface area (TPSA) is 99.3 Å². The Balaban J connectivity index is 2.44. The Labute approximate surface area is 126 Å². The molecule has 0 atom stereocenters. The second kappa shape index (κ2) is 5.42. The van der Waals surface area contributed by atoms with Gasteiger partial charge in [-0.15, -0.1) is 0 Å². The number of aromatic amines is 1. The number of rotatable bonds is 3. The largest absolute Gasteiger partial charge is 0.508 e. The SMILES string of the molecule is Cc1cc(NS(=O)(=O)c2c[nH]c(=O)c(Cl)c2)c(C)cc1O. The zero-order valence-corrected chi connectivity index (χ0v) is 12.8. The van der Waals surface area contributed by atoms with Gasteiger partial charge < -0.3 is 10.1 Å². The molecule has 112 valence electrons. The molecule has 2 aromatic rings. The van der Waals surface area contributed by atoms with Crippen molar-refractivity contribution in [2.75, 3.05) is 4.72 Å². The van der Waals surface area contributed by atoms with E-state index in [4.69, 9.17) is 11.6 Å². The van der Waals surface area contributed by atoms with Crippen molar-refractivity contribution in [1.82, 2.24) is 4.98 Å². The van der Waals surface area contributed by atoms with Gasteiger partial charge >= 0.3 is 0 Å². The van der Waals surface area contributed by atoms with Crippen LogP contribution in [0.15, 0.2) is 34.1 Å². The maximum Gasteiger partial charge on any atom is 0.266 e. The number of nitrogens with one attached hydrogen (secondary N) is 2. The number of H-pyrrole nitrogens is 1. The van der Waals surface area contributed by atoms with Crippen molar-refractivity contribution in [3.63, 3.8) is 0 Å². The van der Waals surface area contributed by atoms with E-state index in [0.717, 1.165) is 12.3 Å². The highest BCUT2D eigenvalue weighted by atomic mass is 35.5. The van der Waals surface area contributed by atoms with Gasteiger partial charge in [0.05, 0.1) is 5.69 Å². The van der Waals surface area contributed by atoms with Crippen molar-refractivity contribution in [2.24, 2.45) is 0 Å². The summed E-state index contributed by atoms with van der Waals surface area (Å²) in [5.74, 6) is 0.0857. The minimum absolute atomic E-state index is 0.0857. The summed E-state index contributed by atoms with van der Waals surface area (Å²) in [4.78, 5) is 13.3. The van der Waals surface area contributed by atoms with Crippen LogP contribution in [0.2, 0.25) is 5.02 Å². The Morgan fingerprint density at radius 3 is 2.48 bits per heavy atom. The van der Waals surface area contributed by atoms with E-state index in [2.05, 4.69) is 9.71 Å². The van der Waals surface area contributed by atoms with Crippen LogP contribution in [-0.2, 0) is 10.0 Å². The van der Waals surface area contributed by atoms with Crippen molar-refractivity contribution < 1.29 is 13.5 Å². The second-order valence-corrected chi connectivity index (χ2v) is 6.66. The highest BCUT2D eigenvalue weighted by molar-refractivity contribution is 7.92. The molecular formula is C13H13ClN2O4S. The van der Waals surface area contributed by atoms with Gasteiger partial charge in [0, 0.05) is 6.20 Å². The van der Waals surface area contributed by atoms with Crippen LogP contribution in [0.3, 0.4) is 0 Å². The third kappa shape index (κ3) is 3.20. The maximum atomic E-state index is 12.3. The first kappa shape index (κ1) is 15.4. The molecule has 3 N–H and O–H groups in total. The molecule has 21 heavy (non-hydrogen) atoms. The molecule has 0 aliphatic rings. The lowest BCUT2D eigenvalue weighted by atomic mass is 10.1. The summed E-state index contributed by atoms with van der Waals surface area (Å²) >= 11 is 5.63. The van der Waals surface area contributed by atoms with Crippen LogP contribution in [0, 0.1) is 13.8 Å². The van der Waals surface area contributed by atoms with Crippen molar-refractivity contribution >= 4 is 27.3 Å². The van der Waals surface area contributed by atoms with Gasteiger partial charge in [0.15, 0.2) is 0 Å². The summed E-state index contributed by atoms with van der Waals surface area (Å²) in [6.07, 6.45) is 1.07. The minimum Gasteiger partial charge on any atom is -0.508 e. The zero-order chi connectivity index (χ0) is 15.8. The Morgan fingerprint density at radius 2 is 1.86 bits per heavy atom. The Kier molecular flexibility index (Phi) is 3.97. The number of aromatic hydroxyl groups is 1. The van der Waals surface area contributed by atoms with E-state index in [0.29, 0.717) is 16.8 Å². The lowest BCUT2D eigenvalue weighted by molar-refractivity contribution is 0.471. The number of anilines is 1. The fourth-order valence-corrected chi connectivity index (χ4v) is 3.06. The summed E-state index contributed by atoms with van der Waals surface area (Å²) in [6.45, 7) is 3.32. The van der Waals surface area contributed by atoms with Crippen LogP contribution >= 0.6 is 11.6 Å². The van der Waals surface area contributed by atoms with Gasteiger partial charge in [-0.2, -0.15) is 0 Å². The lowest BCUT2D eigenvalue weighted by Gasteiger charge is -2.12. The molecule has 0 fully saturated rings. The molecular weight excluding hydrogens is 316 g/mol. The van der Waals surface area contributed by atoms with Crippen molar-refractivity contribution in [2.45, 2.75) is 18.7 Å². The molecule has 0 saturated heterocycles. The molecule has 0 radical (unpaired) electrons.